The molecule has 0 aliphatic heterocycles. The normalized spacial score (nSPS) is 10.5. The molecule has 1 heterocycles. The number of halogens is 2. The lowest BCUT2D eigenvalue weighted by Crippen LogP contribution is -2.10. The maximum Gasteiger partial charge on any atom is 0.309 e. The number of hydrogen-bond donors (Lipinski definition) is 0. The number of ether oxygens (including phenoxy) is 2. The summed E-state index contributed by atoms with van der Waals surface area (Å²) < 4.78 is 35.0. The molecule has 0 saturated heterocycles. The van der Waals surface area contributed by atoms with Crippen molar-refractivity contribution in [2.24, 2.45) is 0 Å². The van der Waals surface area contributed by atoms with Crippen molar-refractivity contribution in [1.82, 2.24) is 4.98 Å². The Bertz CT molecular complexity index is 421. The van der Waals surface area contributed by atoms with Crippen molar-refractivity contribution in [2.45, 2.75) is 19.8 Å². The van der Waals surface area contributed by atoms with Crippen LogP contribution in [0.3, 0.4) is 0 Å². The highest BCUT2D eigenvalue weighted by atomic mass is 19.3. The summed E-state index contributed by atoms with van der Waals surface area (Å²) in [6.45, 7) is 1.64. The number of alkyl halides is 2. The van der Waals surface area contributed by atoms with Crippen molar-refractivity contribution >= 4 is 5.97 Å². The number of pyridine rings is 1. The molecule has 1 aromatic rings. The van der Waals surface area contributed by atoms with Gasteiger partial charge in [-0.15, -0.1) is 0 Å². The molecule has 0 saturated carbocycles. The lowest BCUT2D eigenvalue weighted by molar-refractivity contribution is -0.139. The monoisotopic (exact) mass is 245 g/mol. The summed E-state index contributed by atoms with van der Waals surface area (Å²) in [4.78, 5) is 15.0. The van der Waals surface area contributed by atoms with E-state index in [9.17, 15) is 13.6 Å². The molecule has 0 unspecified atom stereocenters. The quantitative estimate of drug-likeness (QED) is 0.762. The van der Waals surface area contributed by atoms with Gasteiger partial charge >= 0.3 is 5.97 Å². The Balaban J connectivity index is 3.25. The molecule has 0 amide bonds. The Morgan fingerprint density at radius 3 is 2.59 bits per heavy atom. The second-order valence-electron chi connectivity index (χ2n) is 3.40. The van der Waals surface area contributed by atoms with E-state index in [1.54, 1.807) is 6.92 Å². The van der Waals surface area contributed by atoms with Crippen molar-refractivity contribution < 1.29 is 23.0 Å². The fourth-order valence-electron chi connectivity index (χ4n) is 1.48. The van der Waals surface area contributed by atoms with Crippen LogP contribution in [-0.2, 0) is 16.0 Å². The summed E-state index contributed by atoms with van der Waals surface area (Å²) in [6, 6.07) is 1.43. The minimum Gasteiger partial charge on any atom is -0.481 e. The van der Waals surface area contributed by atoms with E-state index in [0.29, 0.717) is 5.69 Å². The number of hydrogen-bond acceptors (Lipinski definition) is 4. The van der Waals surface area contributed by atoms with Gasteiger partial charge < -0.3 is 9.47 Å². The highest BCUT2D eigenvalue weighted by molar-refractivity contribution is 5.73. The molecule has 17 heavy (non-hydrogen) atoms. The number of methoxy groups -OCH3 is 2. The van der Waals surface area contributed by atoms with Crippen molar-refractivity contribution in [1.29, 1.82) is 0 Å². The van der Waals surface area contributed by atoms with Crippen LogP contribution in [-0.4, -0.2) is 25.2 Å². The van der Waals surface area contributed by atoms with Gasteiger partial charge in [0, 0.05) is 5.69 Å². The largest absolute Gasteiger partial charge is 0.481 e. The van der Waals surface area contributed by atoms with E-state index in [4.69, 9.17) is 4.74 Å². The van der Waals surface area contributed by atoms with Gasteiger partial charge in [-0.2, -0.15) is 0 Å². The average molecular weight is 245 g/mol. The lowest BCUT2D eigenvalue weighted by Gasteiger charge is -2.12. The van der Waals surface area contributed by atoms with E-state index in [2.05, 4.69) is 9.72 Å². The summed E-state index contributed by atoms with van der Waals surface area (Å²) in [5.41, 5.74) is 0.324. The molecule has 4 nitrogen and oxygen atoms in total. The zero-order chi connectivity index (χ0) is 13.0. The van der Waals surface area contributed by atoms with E-state index < -0.39 is 12.4 Å². The molecule has 0 atom stereocenters. The predicted octanol–water partition coefficient (Wildman–Crippen LogP) is 2.05. The number of aromatic nitrogens is 1. The Morgan fingerprint density at radius 2 is 2.12 bits per heavy atom. The van der Waals surface area contributed by atoms with E-state index in [1.165, 1.54) is 20.3 Å². The summed E-state index contributed by atoms with van der Waals surface area (Å²) in [7, 11) is 2.46. The fourth-order valence-corrected chi connectivity index (χ4v) is 1.48. The first-order valence-corrected chi connectivity index (χ1v) is 4.89. The SMILES string of the molecule is COC(=O)Cc1cc(C)nc(OC)c1C(F)F. The van der Waals surface area contributed by atoms with E-state index >= 15 is 0 Å². The molecule has 1 aromatic heterocycles. The van der Waals surface area contributed by atoms with Gasteiger partial charge in [0.25, 0.3) is 6.43 Å². The van der Waals surface area contributed by atoms with Crippen LogP contribution in [0.25, 0.3) is 0 Å². The molecule has 94 valence electrons. The first kappa shape index (κ1) is 13.3. The van der Waals surface area contributed by atoms with Crippen LogP contribution in [0, 0.1) is 6.92 Å². The lowest BCUT2D eigenvalue weighted by atomic mass is 10.1. The molecule has 0 fully saturated rings. The minimum absolute atomic E-state index is 0.154. The zero-order valence-corrected chi connectivity index (χ0v) is 9.79. The van der Waals surface area contributed by atoms with Gasteiger partial charge in [0.15, 0.2) is 0 Å². The molecule has 1 rings (SSSR count). The van der Waals surface area contributed by atoms with E-state index in [0.717, 1.165) is 0 Å². The number of aryl methyl sites for hydroxylation is 1. The van der Waals surface area contributed by atoms with Crippen molar-refractivity contribution in [3.05, 3.63) is 22.9 Å². The van der Waals surface area contributed by atoms with Crippen LogP contribution >= 0.6 is 0 Å². The molecule has 6 heteroatoms. The van der Waals surface area contributed by atoms with Crippen LogP contribution in [0.4, 0.5) is 8.78 Å². The fraction of sp³-hybridized carbons (Fsp3) is 0.455. The predicted molar refractivity (Wildman–Crippen MR) is 56.2 cm³/mol. The van der Waals surface area contributed by atoms with Gasteiger partial charge in [0.2, 0.25) is 5.88 Å². The number of carbonyl (C=O) groups is 1. The van der Waals surface area contributed by atoms with Crippen LogP contribution in [0.2, 0.25) is 0 Å². The molecule has 0 aliphatic rings. The maximum atomic E-state index is 12.9. The second kappa shape index (κ2) is 5.56. The van der Waals surface area contributed by atoms with Crippen LogP contribution in [0.15, 0.2) is 6.07 Å². The molecule has 0 aromatic carbocycles. The smallest absolute Gasteiger partial charge is 0.309 e. The topological polar surface area (TPSA) is 48.4 Å². The van der Waals surface area contributed by atoms with E-state index in [-0.39, 0.29) is 23.4 Å². The van der Waals surface area contributed by atoms with Crippen molar-refractivity contribution in [2.75, 3.05) is 14.2 Å². The third-order valence-corrected chi connectivity index (χ3v) is 2.21. The van der Waals surface area contributed by atoms with Crippen molar-refractivity contribution in [3.63, 3.8) is 0 Å². The third kappa shape index (κ3) is 3.12. The Hall–Kier alpha value is -1.72. The highest BCUT2D eigenvalue weighted by Crippen LogP contribution is 2.31. The third-order valence-electron chi connectivity index (χ3n) is 2.21. The first-order valence-electron chi connectivity index (χ1n) is 4.89. The molecular weight excluding hydrogens is 232 g/mol. The molecule has 0 radical (unpaired) electrons. The standard InChI is InChI=1S/C11H13F2NO3/c1-6-4-7(5-8(15)16-2)9(10(12)13)11(14-6)17-3/h4,10H,5H2,1-3H3. The van der Waals surface area contributed by atoms with Crippen LogP contribution < -0.4 is 4.74 Å². The second-order valence-corrected chi connectivity index (χ2v) is 3.40. The average Bonchev–Trinajstić information content (AvgIpc) is 2.27. The molecule has 0 N–H and O–H groups in total. The highest BCUT2D eigenvalue weighted by Gasteiger charge is 2.22. The van der Waals surface area contributed by atoms with Gasteiger partial charge in [-0.1, -0.05) is 0 Å². The van der Waals surface area contributed by atoms with Crippen molar-refractivity contribution in [3.8, 4) is 5.88 Å². The minimum atomic E-state index is -2.75. The summed E-state index contributed by atoms with van der Waals surface area (Å²) in [5.74, 6) is -0.738. The number of esters is 1. The van der Waals surface area contributed by atoms with Gasteiger partial charge in [0.05, 0.1) is 26.2 Å². The Labute approximate surface area is 97.6 Å². The van der Waals surface area contributed by atoms with Gasteiger partial charge in [0.1, 0.15) is 0 Å². The Morgan fingerprint density at radius 1 is 1.47 bits per heavy atom. The number of rotatable bonds is 4. The summed E-state index contributed by atoms with van der Waals surface area (Å²) in [6.07, 6.45) is -2.98. The molecule has 0 aliphatic carbocycles. The Kier molecular flexibility index (Phi) is 4.37. The van der Waals surface area contributed by atoms with Gasteiger partial charge in [-0.3, -0.25) is 4.79 Å². The van der Waals surface area contributed by atoms with Gasteiger partial charge in [-0.05, 0) is 18.6 Å². The van der Waals surface area contributed by atoms with Gasteiger partial charge in [-0.25, -0.2) is 13.8 Å². The number of carbonyl (C=O) groups excluding carboxylic acids is 1. The summed E-state index contributed by atoms with van der Waals surface area (Å²) >= 11 is 0. The maximum absolute atomic E-state index is 12.9. The molecule has 0 bridgehead atoms. The first-order chi connectivity index (χ1) is 7.99. The summed E-state index contributed by atoms with van der Waals surface area (Å²) in [5, 5.41) is 0. The molecule has 0 spiro atoms. The zero-order valence-electron chi connectivity index (χ0n) is 9.79. The number of nitrogens with zero attached hydrogens (tertiary/aromatic N) is 1. The van der Waals surface area contributed by atoms with Crippen LogP contribution in [0.5, 0.6) is 5.88 Å². The molecular formula is C11H13F2NO3. The van der Waals surface area contributed by atoms with E-state index in [1.807, 2.05) is 0 Å². The van der Waals surface area contributed by atoms with Crippen LogP contribution in [0.1, 0.15) is 23.2 Å².